The molecule has 0 aliphatic rings. The van der Waals surface area contributed by atoms with E-state index in [1.165, 1.54) is 24.3 Å². The molecule has 0 aliphatic carbocycles. The third-order valence-corrected chi connectivity index (χ3v) is 3.85. The molecule has 0 saturated carbocycles. The number of halogens is 5. The van der Waals surface area contributed by atoms with E-state index in [9.17, 15) is 22.4 Å². The molecule has 0 aliphatic heterocycles. The van der Waals surface area contributed by atoms with Gasteiger partial charge < -0.3 is 10.1 Å². The van der Waals surface area contributed by atoms with Crippen LogP contribution in [-0.4, -0.2) is 22.3 Å². The maximum absolute atomic E-state index is 13.0. The van der Waals surface area contributed by atoms with Crippen LogP contribution >= 0.6 is 11.6 Å². The minimum absolute atomic E-state index is 0.153. The number of carbonyl (C=O) groups is 1. The van der Waals surface area contributed by atoms with Crippen LogP contribution in [0.3, 0.4) is 0 Å². The van der Waals surface area contributed by atoms with Crippen molar-refractivity contribution in [1.82, 2.24) is 9.78 Å². The first-order valence-electron chi connectivity index (χ1n) is 7.84. The van der Waals surface area contributed by atoms with E-state index in [1.807, 2.05) is 0 Å². The molecule has 0 radical (unpaired) electrons. The number of carbonyl (C=O) groups excluding carboxylic acids is 1. The first-order chi connectivity index (χ1) is 13.2. The van der Waals surface area contributed by atoms with Gasteiger partial charge in [0.2, 0.25) is 5.88 Å². The van der Waals surface area contributed by atoms with E-state index >= 15 is 0 Å². The second-order valence-corrected chi connectivity index (χ2v) is 5.98. The van der Waals surface area contributed by atoms with E-state index in [1.54, 1.807) is 12.1 Å². The van der Waals surface area contributed by atoms with Crippen LogP contribution in [0.1, 0.15) is 5.69 Å². The number of nitrogens with one attached hydrogen (secondary N) is 1. The SMILES string of the molecule is O=C(COc1cc(C(F)(F)F)nn1-c1ccccc1Cl)Nc1ccc(F)cc1. The van der Waals surface area contributed by atoms with E-state index in [2.05, 4.69) is 10.4 Å². The average molecular weight is 414 g/mol. The summed E-state index contributed by atoms with van der Waals surface area (Å²) in [6.45, 7) is -0.592. The molecule has 3 rings (SSSR count). The molecule has 0 fully saturated rings. The highest BCUT2D eigenvalue weighted by molar-refractivity contribution is 6.32. The number of hydrogen-bond acceptors (Lipinski definition) is 3. The van der Waals surface area contributed by atoms with E-state index in [0.717, 1.165) is 16.8 Å². The highest BCUT2D eigenvalue weighted by atomic mass is 35.5. The number of aromatic nitrogens is 2. The fraction of sp³-hybridized carbons (Fsp3) is 0.111. The Bertz CT molecular complexity index is 987. The van der Waals surface area contributed by atoms with Gasteiger partial charge in [0.25, 0.3) is 5.91 Å². The summed E-state index contributed by atoms with van der Waals surface area (Å²) >= 11 is 6.03. The lowest BCUT2D eigenvalue weighted by Crippen LogP contribution is -2.21. The predicted molar refractivity (Wildman–Crippen MR) is 94.1 cm³/mol. The van der Waals surface area contributed by atoms with Gasteiger partial charge in [-0.05, 0) is 36.4 Å². The average Bonchev–Trinajstić information content (AvgIpc) is 3.07. The molecular weight excluding hydrogens is 402 g/mol. The summed E-state index contributed by atoms with van der Waals surface area (Å²) in [5.41, 5.74) is -0.722. The first-order valence-corrected chi connectivity index (χ1v) is 8.22. The van der Waals surface area contributed by atoms with Gasteiger partial charge in [0.15, 0.2) is 12.3 Å². The Morgan fingerprint density at radius 3 is 2.46 bits per heavy atom. The molecule has 0 bridgehead atoms. The molecule has 10 heteroatoms. The number of rotatable bonds is 5. The Morgan fingerprint density at radius 1 is 1.14 bits per heavy atom. The lowest BCUT2D eigenvalue weighted by atomic mass is 10.3. The number of benzene rings is 2. The van der Waals surface area contributed by atoms with Crippen LogP contribution in [0.4, 0.5) is 23.2 Å². The van der Waals surface area contributed by atoms with Gasteiger partial charge in [-0.3, -0.25) is 4.79 Å². The van der Waals surface area contributed by atoms with Gasteiger partial charge in [-0.25, -0.2) is 4.39 Å². The molecule has 0 spiro atoms. The van der Waals surface area contributed by atoms with Crippen LogP contribution in [0.15, 0.2) is 54.6 Å². The number of alkyl halides is 3. The van der Waals surface area contributed by atoms with E-state index in [4.69, 9.17) is 16.3 Å². The predicted octanol–water partition coefficient (Wildman–Crippen LogP) is 4.70. The Kier molecular flexibility index (Phi) is 5.55. The van der Waals surface area contributed by atoms with Gasteiger partial charge in [-0.1, -0.05) is 23.7 Å². The summed E-state index contributed by atoms with van der Waals surface area (Å²) in [5, 5.41) is 6.08. The summed E-state index contributed by atoms with van der Waals surface area (Å²) in [4.78, 5) is 12.0. The van der Waals surface area contributed by atoms with E-state index in [-0.39, 0.29) is 16.6 Å². The second-order valence-electron chi connectivity index (χ2n) is 5.57. The molecular formula is C18H12ClF4N3O2. The van der Waals surface area contributed by atoms with Crippen LogP contribution in [-0.2, 0) is 11.0 Å². The fourth-order valence-corrected chi connectivity index (χ4v) is 2.49. The van der Waals surface area contributed by atoms with Crippen LogP contribution in [0.25, 0.3) is 5.69 Å². The zero-order valence-electron chi connectivity index (χ0n) is 14.0. The van der Waals surface area contributed by atoms with Crippen molar-refractivity contribution in [2.24, 2.45) is 0 Å². The molecule has 146 valence electrons. The monoisotopic (exact) mass is 413 g/mol. The van der Waals surface area contributed by atoms with Crippen molar-refractivity contribution in [3.05, 3.63) is 71.1 Å². The normalized spacial score (nSPS) is 11.3. The number of anilines is 1. The maximum atomic E-state index is 13.0. The van der Waals surface area contributed by atoms with Gasteiger partial charge in [-0.15, -0.1) is 0 Å². The van der Waals surface area contributed by atoms with Crippen molar-refractivity contribution >= 4 is 23.2 Å². The molecule has 1 aromatic heterocycles. The minimum atomic E-state index is -4.71. The van der Waals surface area contributed by atoms with Crippen molar-refractivity contribution in [2.45, 2.75) is 6.18 Å². The number of amides is 1. The Labute approximate surface area is 161 Å². The molecule has 0 saturated heterocycles. The number of hydrogen-bond donors (Lipinski definition) is 1. The molecule has 1 N–H and O–H groups in total. The molecule has 3 aromatic rings. The number of para-hydroxylation sites is 1. The van der Waals surface area contributed by atoms with E-state index < -0.39 is 30.2 Å². The highest BCUT2D eigenvalue weighted by Crippen LogP contribution is 2.33. The topological polar surface area (TPSA) is 56.1 Å². The molecule has 1 amide bonds. The molecule has 28 heavy (non-hydrogen) atoms. The molecule has 0 atom stereocenters. The Balaban J connectivity index is 1.80. The van der Waals surface area contributed by atoms with Crippen molar-refractivity contribution in [3.8, 4) is 11.6 Å². The minimum Gasteiger partial charge on any atom is -0.467 e. The van der Waals surface area contributed by atoms with Crippen LogP contribution in [0, 0.1) is 5.82 Å². The summed E-state index contributed by atoms with van der Waals surface area (Å²) in [5.74, 6) is -1.43. The van der Waals surface area contributed by atoms with Crippen molar-refractivity contribution in [1.29, 1.82) is 0 Å². The van der Waals surface area contributed by atoms with Crippen LogP contribution in [0.5, 0.6) is 5.88 Å². The van der Waals surface area contributed by atoms with Gasteiger partial charge in [-0.2, -0.15) is 23.0 Å². The Morgan fingerprint density at radius 2 is 1.82 bits per heavy atom. The smallest absolute Gasteiger partial charge is 0.435 e. The van der Waals surface area contributed by atoms with Crippen LogP contribution < -0.4 is 10.1 Å². The van der Waals surface area contributed by atoms with Gasteiger partial charge in [0.05, 0.1) is 10.7 Å². The fourth-order valence-electron chi connectivity index (χ4n) is 2.27. The lowest BCUT2D eigenvalue weighted by Gasteiger charge is -2.10. The van der Waals surface area contributed by atoms with Gasteiger partial charge in [0, 0.05) is 11.8 Å². The summed E-state index contributed by atoms with van der Waals surface area (Å²) in [6, 6.07) is 11.8. The zero-order chi connectivity index (χ0) is 20.3. The standard InChI is InChI=1S/C18H12ClF4N3O2/c19-13-3-1-2-4-14(13)26-17(9-15(25-26)18(21,22)23)28-10-16(27)24-12-7-5-11(20)6-8-12/h1-9H,10H2,(H,24,27). The lowest BCUT2D eigenvalue weighted by molar-refractivity contribution is -0.141. The van der Waals surface area contributed by atoms with Crippen molar-refractivity contribution in [2.75, 3.05) is 11.9 Å². The maximum Gasteiger partial charge on any atom is 0.435 e. The molecule has 0 unspecified atom stereocenters. The summed E-state index contributed by atoms with van der Waals surface area (Å²) < 4.78 is 58.1. The van der Waals surface area contributed by atoms with E-state index in [0.29, 0.717) is 11.8 Å². The third kappa shape index (κ3) is 4.61. The first kappa shape index (κ1) is 19.7. The zero-order valence-corrected chi connectivity index (χ0v) is 14.8. The largest absolute Gasteiger partial charge is 0.467 e. The molecule has 2 aromatic carbocycles. The molecule has 1 heterocycles. The summed E-state index contributed by atoms with van der Waals surface area (Å²) in [6.07, 6.45) is -4.71. The number of nitrogens with zero attached hydrogens (tertiary/aromatic N) is 2. The highest BCUT2D eigenvalue weighted by Gasteiger charge is 2.36. The third-order valence-electron chi connectivity index (χ3n) is 3.53. The summed E-state index contributed by atoms with van der Waals surface area (Å²) in [7, 11) is 0. The number of ether oxygens (including phenoxy) is 1. The Hall–Kier alpha value is -3.07. The second kappa shape index (κ2) is 7.89. The van der Waals surface area contributed by atoms with Gasteiger partial charge >= 0.3 is 6.18 Å². The molecule has 5 nitrogen and oxygen atoms in total. The quantitative estimate of drug-likeness (QED) is 0.617. The van der Waals surface area contributed by atoms with Crippen molar-refractivity contribution < 1.29 is 27.1 Å². The van der Waals surface area contributed by atoms with Gasteiger partial charge in [0.1, 0.15) is 5.82 Å². The van der Waals surface area contributed by atoms with Crippen molar-refractivity contribution in [3.63, 3.8) is 0 Å². The van der Waals surface area contributed by atoms with Crippen LogP contribution in [0.2, 0.25) is 5.02 Å².